The van der Waals surface area contributed by atoms with E-state index in [2.05, 4.69) is 15.3 Å². The van der Waals surface area contributed by atoms with Gasteiger partial charge in [-0.15, -0.1) is 0 Å². The topological polar surface area (TPSA) is 67.8 Å². The van der Waals surface area contributed by atoms with Crippen LogP contribution in [0.3, 0.4) is 0 Å². The maximum absolute atomic E-state index is 12.7. The molecule has 0 bridgehead atoms. The molecule has 0 aliphatic rings. The SMILES string of the molecule is COC(=O)c1ccc(/C=N\NC(=O)c2ccc(F)cc2)cc1. The van der Waals surface area contributed by atoms with Crippen LogP contribution >= 0.6 is 0 Å². The third-order valence-corrected chi connectivity index (χ3v) is 2.82. The monoisotopic (exact) mass is 300 g/mol. The Morgan fingerprint density at radius 1 is 1.05 bits per heavy atom. The zero-order chi connectivity index (χ0) is 15.9. The number of hydrogen-bond acceptors (Lipinski definition) is 4. The van der Waals surface area contributed by atoms with Crippen LogP contribution in [0.2, 0.25) is 0 Å². The molecule has 0 unspecified atom stereocenters. The molecule has 2 rings (SSSR count). The highest BCUT2D eigenvalue weighted by atomic mass is 19.1. The Morgan fingerprint density at radius 3 is 2.23 bits per heavy atom. The third kappa shape index (κ3) is 3.99. The summed E-state index contributed by atoms with van der Waals surface area (Å²) in [5.41, 5.74) is 3.76. The lowest BCUT2D eigenvalue weighted by atomic mass is 10.1. The van der Waals surface area contributed by atoms with Gasteiger partial charge in [-0.1, -0.05) is 12.1 Å². The smallest absolute Gasteiger partial charge is 0.337 e. The van der Waals surface area contributed by atoms with E-state index in [4.69, 9.17) is 0 Å². The predicted octanol–water partition coefficient (Wildman–Crippen LogP) is 2.38. The van der Waals surface area contributed by atoms with Gasteiger partial charge in [0.2, 0.25) is 0 Å². The van der Waals surface area contributed by atoms with Crippen molar-refractivity contribution in [2.24, 2.45) is 5.10 Å². The normalized spacial score (nSPS) is 10.5. The molecule has 0 radical (unpaired) electrons. The molecule has 5 nitrogen and oxygen atoms in total. The van der Waals surface area contributed by atoms with Crippen molar-refractivity contribution in [3.8, 4) is 0 Å². The fourth-order valence-corrected chi connectivity index (χ4v) is 1.65. The van der Waals surface area contributed by atoms with Crippen LogP contribution in [0.5, 0.6) is 0 Å². The van der Waals surface area contributed by atoms with Gasteiger partial charge in [0, 0.05) is 5.56 Å². The predicted molar refractivity (Wildman–Crippen MR) is 79.2 cm³/mol. The first-order chi connectivity index (χ1) is 10.6. The van der Waals surface area contributed by atoms with Crippen molar-refractivity contribution < 1.29 is 18.7 Å². The Hall–Kier alpha value is -3.02. The number of carbonyl (C=O) groups excluding carboxylic acids is 2. The van der Waals surface area contributed by atoms with E-state index in [0.717, 1.165) is 0 Å². The van der Waals surface area contributed by atoms with Gasteiger partial charge in [-0.05, 0) is 42.0 Å². The molecule has 1 N–H and O–H groups in total. The number of esters is 1. The lowest BCUT2D eigenvalue weighted by Crippen LogP contribution is -2.17. The average molecular weight is 300 g/mol. The van der Waals surface area contributed by atoms with Crippen molar-refractivity contribution in [2.75, 3.05) is 7.11 Å². The van der Waals surface area contributed by atoms with Crippen LogP contribution in [0, 0.1) is 5.82 Å². The number of hydrogen-bond donors (Lipinski definition) is 1. The van der Waals surface area contributed by atoms with Gasteiger partial charge in [0.15, 0.2) is 0 Å². The Morgan fingerprint density at radius 2 is 1.64 bits per heavy atom. The first kappa shape index (κ1) is 15.4. The summed E-state index contributed by atoms with van der Waals surface area (Å²) in [6, 6.07) is 11.6. The van der Waals surface area contributed by atoms with Crippen LogP contribution in [0.15, 0.2) is 53.6 Å². The van der Waals surface area contributed by atoms with Gasteiger partial charge < -0.3 is 4.74 Å². The number of hydrazone groups is 1. The lowest BCUT2D eigenvalue weighted by Gasteiger charge is -2.00. The highest BCUT2D eigenvalue weighted by Crippen LogP contribution is 2.04. The summed E-state index contributed by atoms with van der Waals surface area (Å²) in [7, 11) is 1.31. The molecule has 2 aromatic rings. The zero-order valence-corrected chi connectivity index (χ0v) is 11.7. The molecular formula is C16H13FN2O3. The maximum Gasteiger partial charge on any atom is 0.337 e. The second-order valence-electron chi connectivity index (χ2n) is 4.32. The number of nitrogens with one attached hydrogen (secondary N) is 1. The zero-order valence-electron chi connectivity index (χ0n) is 11.7. The van der Waals surface area contributed by atoms with Crippen molar-refractivity contribution in [1.82, 2.24) is 5.43 Å². The number of benzene rings is 2. The van der Waals surface area contributed by atoms with Gasteiger partial charge in [-0.2, -0.15) is 5.10 Å². The number of rotatable bonds is 4. The Labute approximate surface area is 126 Å². The molecule has 0 heterocycles. The molecule has 1 amide bonds. The van der Waals surface area contributed by atoms with E-state index in [-0.39, 0.29) is 0 Å². The van der Waals surface area contributed by atoms with Crippen molar-refractivity contribution in [1.29, 1.82) is 0 Å². The van der Waals surface area contributed by atoms with E-state index >= 15 is 0 Å². The molecule has 0 fully saturated rings. The molecule has 6 heteroatoms. The second kappa shape index (κ2) is 7.12. The molecule has 0 aliphatic heterocycles. The van der Waals surface area contributed by atoms with Crippen LogP contribution in [0.1, 0.15) is 26.3 Å². The van der Waals surface area contributed by atoms with Crippen LogP contribution in [-0.4, -0.2) is 25.2 Å². The number of nitrogens with zero attached hydrogens (tertiary/aromatic N) is 1. The summed E-state index contributed by atoms with van der Waals surface area (Å²) in [5.74, 6) is -1.28. The number of carbonyl (C=O) groups is 2. The average Bonchev–Trinajstić information content (AvgIpc) is 2.55. The summed E-state index contributed by atoms with van der Waals surface area (Å²) < 4.78 is 17.3. The molecule has 0 aromatic heterocycles. The highest BCUT2D eigenvalue weighted by Gasteiger charge is 2.04. The van der Waals surface area contributed by atoms with E-state index in [9.17, 15) is 14.0 Å². The maximum atomic E-state index is 12.7. The van der Waals surface area contributed by atoms with Gasteiger partial charge in [-0.25, -0.2) is 14.6 Å². The van der Waals surface area contributed by atoms with Crippen molar-refractivity contribution in [2.45, 2.75) is 0 Å². The first-order valence-electron chi connectivity index (χ1n) is 6.37. The summed E-state index contributed by atoms with van der Waals surface area (Å²) >= 11 is 0. The van der Waals surface area contributed by atoms with Crippen molar-refractivity contribution in [3.63, 3.8) is 0 Å². The second-order valence-corrected chi connectivity index (χ2v) is 4.32. The number of methoxy groups -OCH3 is 1. The van der Waals surface area contributed by atoms with Gasteiger partial charge in [0.1, 0.15) is 5.82 Å². The summed E-state index contributed by atoms with van der Waals surface area (Å²) in [6.07, 6.45) is 1.43. The standard InChI is InChI=1S/C16H13FN2O3/c1-22-16(21)13-4-2-11(3-5-13)10-18-19-15(20)12-6-8-14(17)9-7-12/h2-10H,1H3,(H,19,20)/b18-10-. The van der Waals surface area contributed by atoms with E-state index in [1.54, 1.807) is 24.3 Å². The molecule has 0 saturated heterocycles. The number of amides is 1. The minimum Gasteiger partial charge on any atom is -0.465 e. The van der Waals surface area contributed by atoms with Gasteiger partial charge in [0.05, 0.1) is 18.9 Å². The molecule has 2 aromatic carbocycles. The Balaban J connectivity index is 1.96. The van der Waals surface area contributed by atoms with Crippen molar-refractivity contribution >= 4 is 18.1 Å². The fraction of sp³-hybridized carbons (Fsp3) is 0.0625. The Kier molecular flexibility index (Phi) is 4.98. The van der Waals surface area contributed by atoms with E-state index in [0.29, 0.717) is 16.7 Å². The van der Waals surface area contributed by atoms with Crippen molar-refractivity contribution in [3.05, 3.63) is 71.0 Å². The largest absolute Gasteiger partial charge is 0.465 e. The molecule has 0 atom stereocenters. The van der Waals surface area contributed by atoms with E-state index in [1.807, 2.05) is 0 Å². The summed E-state index contributed by atoms with van der Waals surface area (Å²) in [5, 5.41) is 3.80. The number of halogens is 1. The molecule has 0 aliphatic carbocycles. The van der Waals surface area contributed by atoms with Gasteiger partial charge in [-0.3, -0.25) is 4.79 Å². The summed E-state index contributed by atoms with van der Waals surface area (Å²) in [4.78, 5) is 23.0. The molecule has 112 valence electrons. The fourth-order valence-electron chi connectivity index (χ4n) is 1.65. The molecule has 0 saturated carbocycles. The minimum absolute atomic E-state index is 0.305. The minimum atomic E-state index is -0.442. The van der Waals surface area contributed by atoms with Crippen LogP contribution in [0.4, 0.5) is 4.39 Å². The molecular weight excluding hydrogens is 287 g/mol. The van der Waals surface area contributed by atoms with Crippen LogP contribution in [0.25, 0.3) is 0 Å². The number of ether oxygens (including phenoxy) is 1. The Bertz CT molecular complexity index is 694. The van der Waals surface area contributed by atoms with E-state index < -0.39 is 17.7 Å². The summed E-state index contributed by atoms with van der Waals surface area (Å²) in [6.45, 7) is 0. The first-order valence-corrected chi connectivity index (χ1v) is 6.37. The highest BCUT2D eigenvalue weighted by molar-refractivity contribution is 5.95. The lowest BCUT2D eigenvalue weighted by molar-refractivity contribution is 0.0600. The van der Waals surface area contributed by atoms with Gasteiger partial charge in [0.25, 0.3) is 5.91 Å². The van der Waals surface area contributed by atoms with Crippen LogP contribution < -0.4 is 5.43 Å². The molecule has 0 spiro atoms. The molecule has 22 heavy (non-hydrogen) atoms. The quantitative estimate of drug-likeness (QED) is 0.535. The van der Waals surface area contributed by atoms with Crippen LogP contribution in [-0.2, 0) is 4.74 Å². The third-order valence-electron chi connectivity index (χ3n) is 2.82. The van der Waals surface area contributed by atoms with E-state index in [1.165, 1.54) is 37.6 Å². The van der Waals surface area contributed by atoms with Gasteiger partial charge >= 0.3 is 5.97 Å².